The highest BCUT2D eigenvalue weighted by atomic mass is 79.9. The zero-order chi connectivity index (χ0) is 19.0. The molecule has 0 spiro atoms. The minimum Gasteiger partial charge on any atom is -0.497 e. The third kappa shape index (κ3) is 3.23. The maximum absolute atomic E-state index is 13.0. The normalized spacial score (nSPS) is 16.7. The first kappa shape index (κ1) is 17.7. The predicted octanol–water partition coefficient (Wildman–Crippen LogP) is 3.67. The lowest BCUT2D eigenvalue weighted by Gasteiger charge is -2.24. The fourth-order valence-electron chi connectivity index (χ4n) is 3.50. The van der Waals surface area contributed by atoms with Crippen molar-refractivity contribution in [3.8, 4) is 5.75 Å². The standard InChI is InChI=1S/C20H18BrN3O3/c1-27-12-8-9-16-14(11-12)19(25)23-18(22-16)17-7-4-10-24(17)20(26)13-5-2-3-6-15(13)21/h2-3,5-6,8-9,11,17H,4,7,10H2,1H3,(H,22,23,25)/t17-/m0/s1. The van der Waals surface area contributed by atoms with E-state index < -0.39 is 0 Å². The van der Waals surface area contributed by atoms with Gasteiger partial charge in [0.15, 0.2) is 0 Å². The summed E-state index contributed by atoms with van der Waals surface area (Å²) < 4.78 is 5.94. The first-order valence-electron chi connectivity index (χ1n) is 8.72. The quantitative estimate of drug-likeness (QED) is 0.691. The highest BCUT2D eigenvalue weighted by molar-refractivity contribution is 9.10. The predicted molar refractivity (Wildman–Crippen MR) is 106 cm³/mol. The molecule has 2 aromatic carbocycles. The summed E-state index contributed by atoms with van der Waals surface area (Å²) in [5.74, 6) is 1.06. The number of carbonyl (C=O) groups is 1. The van der Waals surface area contributed by atoms with Gasteiger partial charge >= 0.3 is 0 Å². The molecule has 4 rings (SSSR count). The van der Waals surface area contributed by atoms with Crippen molar-refractivity contribution in [1.29, 1.82) is 0 Å². The van der Waals surface area contributed by atoms with Gasteiger partial charge in [0.25, 0.3) is 11.5 Å². The second-order valence-corrected chi connectivity index (χ2v) is 7.33. The van der Waals surface area contributed by atoms with Crippen molar-refractivity contribution in [3.05, 3.63) is 68.7 Å². The molecular formula is C20H18BrN3O3. The Hall–Kier alpha value is -2.67. The van der Waals surface area contributed by atoms with Gasteiger partial charge < -0.3 is 14.6 Å². The van der Waals surface area contributed by atoms with Crippen LogP contribution in [0.15, 0.2) is 51.7 Å². The van der Waals surface area contributed by atoms with E-state index in [1.165, 1.54) is 0 Å². The van der Waals surface area contributed by atoms with Gasteiger partial charge in [-0.25, -0.2) is 4.98 Å². The minimum atomic E-state index is -0.246. The van der Waals surface area contributed by atoms with Crippen molar-refractivity contribution in [2.45, 2.75) is 18.9 Å². The van der Waals surface area contributed by atoms with E-state index in [2.05, 4.69) is 25.9 Å². The lowest BCUT2D eigenvalue weighted by Crippen LogP contribution is -2.32. The molecule has 7 heteroatoms. The topological polar surface area (TPSA) is 75.3 Å². The van der Waals surface area contributed by atoms with Crippen molar-refractivity contribution in [2.24, 2.45) is 0 Å². The molecule has 0 aliphatic carbocycles. The third-order valence-corrected chi connectivity index (χ3v) is 5.56. The number of H-pyrrole nitrogens is 1. The zero-order valence-corrected chi connectivity index (χ0v) is 16.3. The Morgan fingerprint density at radius 2 is 2.11 bits per heavy atom. The highest BCUT2D eigenvalue weighted by Crippen LogP contribution is 2.32. The molecule has 0 bridgehead atoms. The lowest BCUT2D eigenvalue weighted by atomic mass is 10.1. The van der Waals surface area contributed by atoms with E-state index in [1.54, 1.807) is 36.3 Å². The van der Waals surface area contributed by atoms with E-state index in [4.69, 9.17) is 4.74 Å². The molecule has 1 aliphatic rings. The van der Waals surface area contributed by atoms with Crippen LogP contribution in [0.1, 0.15) is 35.1 Å². The van der Waals surface area contributed by atoms with E-state index in [0.29, 0.717) is 34.6 Å². The number of hydrogen-bond acceptors (Lipinski definition) is 4. The van der Waals surface area contributed by atoms with Crippen molar-refractivity contribution in [1.82, 2.24) is 14.9 Å². The molecule has 0 saturated carbocycles. The number of nitrogens with one attached hydrogen (secondary N) is 1. The van der Waals surface area contributed by atoms with Gasteiger partial charge in [0.2, 0.25) is 0 Å². The number of rotatable bonds is 3. The monoisotopic (exact) mass is 427 g/mol. The van der Waals surface area contributed by atoms with Crippen molar-refractivity contribution >= 4 is 32.7 Å². The van der Waals surface area contributed by atoms with E-state index in [1.807, 2.05) is 18.2 Å². The van der Waals surface area contributed by atoms with Gasteiger partial charge in [0.05, 0.1) is 29.6 Å². The maximum Gasteiger partial charge on any atom is 0.258 e. The molecule has 1 N–H and O–H groups in total. The van der Waals surface area contributed by atoms with Crippen LogP contribution in [0.5, 0.6) is 5.75 Å². The minimum absolute atomic E-state index is 0.0672. The Bertz CT molecular complexity index is 1080. The summed E-state index contributed by atoms with van der Waals surface area (Å²) in [4.78, 5) is 34.9. The number of benzene rings is 2. The number of carbonyl (C=O) groups excluding carboxylic acids is 1. The number of hydrogen-bond donors (Lipinski definition) is 1. The summed E-state index contributed by atoms with van der Waals surface area (Å²) in [6, 6.07) is 12.3. The number of likely N-dealkylation sites (tertiary alicyclic amines) is 1. The first-order valence-corrected chi connectivity index (χ1v) is 9.51. The van der Waals surface area contributed by atoms with Crippen molar-refractivity contribution in [3.63, 3.8) is 0 Å². The van der Waals surface area contributed by atoms with Crippen molar-refractivity contribution in [2.75, 3.05) is 13.7 Å². The zero-order valence-electron chi connectivity index (χ0n) is 14.7. The van der Waals surface area contributed by atoms with E-state index in [9.17, 15) is 9.59 Å². The van der Waals surface area contributed by atoms with Crippen LogP contribution in [0.25, 0.3) is 10.9 Å². The van der Waals surface area contributed by atoms with E-state index in [-0.39, 0.29) is 17.5 Å². The molecule has 3 aromatic rings. The summed E-state index contributed by atoms with van der Waals surface area (Å²) in [5.41, 5.74) is 0.973. The summed E-state index contributed by atoms with van der Waals surface area (Å²) in [6.45, 7) is 0.634. The molecule has 0 unspecified atom stereocenters. The van der Waals surface area contributed by atoms with E-state index >= 15 is 0 Å². The highest BCUT2D eigenvalue weighted by Gasteiger charge is 2.33. The molecule has 0 radical (unpaired) electrons. The number of halogens is 1. The smallest absolute Gasteiger partial charge is 0.258 e. The van der Waals surface area contributed by atoms with Gasteiger partial charge in [-0.2, -0.15) is 0 Å². The summed E-state index contributed by atoms with van der Waals surface area (Å²) in [5, 5.41) is 0.472. The lowest BCUT2D eigenvalue weighted by molar-refractivity contribution is 0.0729. The summed E-state index contributed by atoms with van der Waals surface area (Å²) in [6.07, 6.45) is 1.63. The van der Waals surface area contributed by atoms with Crippen LogP contribution < -0.4 is 10.3 Å². The Morgan fingerprint density at radius 3 is 2.89 bits per heavy atom. The fourth-order valence-corrected chi connectivity index (χ4v) is 3.96. The van der Waals surface area contributed by atoms with Crippen LogP contribution in [-0.4, -0.2) is 34.4 Å². The molecule has 27 heavy (non-hydrogen) atoms. The number of nitrogens with zero attached hydrogens (tertiary/aromatic N) is 2. The Balaban J connectivity index is 1.73. The maximum atomic E-state index is 13.0. The van der Waals surface area contributed by atoms with Crippen LogP contribution in [0, 0.1) is 0 Å². The second-order valence-electron chi connectivity index (χ2n) is 6.47. The second kappa shape index (κ2) is 7.15. The van der Waals surface area contributed by atoms with Gasteiger partial charge in [0, 0.05) is 11.0 Å². The molecule has 1 aromatic heterocycles. The number of ether oxygens (including phenoxy) is 1. The van der Waals surface area contributed by atoms with Gasteiger partial charge in [-0.05, 0) is 59.1 Å². The van der Waals surface area contributed by atoms with Crippen LogP contribution in [0.3, 0.4) is 0 Å². The van der Waals surface area contributed by atoms with Gasteiger partial charge in [-0.15, -0.1) is 0 Å². The largest absolute Gasteiger partial charge is 0.497 e. The summed E-state index contributed by atoms with van der Waals surface area (Å²) in [7, 11) is 1.56. The average molecular weight is 428 g/mol. The molecule has 6 nitrogen and oxygen atoms in total. The van der Waals surface area contributed by atoms with Gasteiger partial charge in [-0.1, -0.05) is 12.1 Å². The first-order chi connectivity index (χ1) is 13.1. The van der Waals surface area contributed by atoms with Crippen LogP contribution in [-0.2, 0) is 0 Å². The summed E-state index contributed by atoms with van der Waals surface area (Å²) >= 11 is 3.45. The molecule has 1 atom stereocenters. The SMILES string of the molecule is COc1ccc2nc([C@@H]3CCCN3C(=O)c3ccccc3Br)[nH]c(=O)c2c1. The Kier molecular flexibility index (Phi) is 4.70. The third-order valence-electron chi connectivity index (χ3n) is 4.86. The molecule has 2 heterocycles. The van der Waals surface area contributed by atoms with Gasteiger partial charge in [0.1, 0.15) is 11.6 Å². The number of aromatic nitrogens is 2. The fraction of sp³-hybridized carbons (Fsp3) is 0.250. The molecule has 138 valence electrons. The molecule has 1 saturated heterocycles. The molecule has 1 fully saturated rings. The Labute approximate surface area is 164 Å². The van der Waals surface area contributed by atoms with Crippen LogP contribution in [0.4, 0.5) is 0 Å². The number of aromatic amines is 1. The Morgan fingerprint density at radius 1 is 1.30 bits per heavy atom. The van der Waals surface area contributed by atoms with Gasteiger partial charge in [-0.3, -0.25) is 9.59 Å². The average Bonchev–Trinajstić information content (AvgIpc) is 3.17. The number of amides is 1. The van der Waals surface area contributed by atoms with Crippen LogP contribution >= 0.6 is 15.9 Å². The molecular weight excluding hydrogens is 410 g/mol. The number of methoxy groups -OCH3 is 1. The van der Waals surface area contributed by atoms with Crippen LogP contribution in [0.2, 0.25) is 0 Å². The van der Waals surface area contributed by atoms with Crippen molar-refractivity contribution < 1.29 is 9.53 Å². The van der Waals surface area contributed by atoms with E-state index in [0.717, 1.165) is 17.3 Å². The molecule has 1 aliphatic heterocycles. The molecule has 1 amide bonds. The number of fused-ring (bicyclic) bond motifs is 1.